The minimum absolute atomic E-state index is 0.0834. The summed E-state index contributed by atoms with van der Waals surface area (Å²) in [5, 5.41) is -0.310. The highest BCUT2D eigenvalue weighted by molar-refractivity contribution is 7.89. The molecule has 0 spiro atoms. The number of nitrogens with zero attached hydrogens (tertiary/aromatic N) is 1. The maximum Gasteiger partial charge on any atom is 0.273 e. The fourth-order valence-corrected chi connectivity index (χ4v) is 3.08. The van der Waals surface area contributed by atoms with E-state index < -0.39 is 10.0 Å². The maximum atomic E-state index is 13.3. The summed E-state index contributed by atoms with van der Waals surface area (Å²) >= 11 is 0. The smallest absolute Gasteiger partial charge is 0.273 e. The molecule has 1 aromatic heterocycles. The van der Waals surface area contributed by atoms with Gasteiger partial charge in [-0.25, -0.2) is 17.5 Å². The highest BCUT2D eigenvalue weighted by Crippen LogP contribution is 2.30. The van der Waals surface area contributed by atoms with Crippen LogP contribution in [-0.4, -0.2) is 32.3 Å². The number of carbonyl (C=O) groups is 1. The largest absolute Gasteiger partial charge is 0.451 e. The number of hydrogen-bond acceptors (Lipinski definition) is 4. The number of furan rings is 1. The second-order valence-corrected chi connectivity index (χ2v) is 7.47. The van der Waals surface area contributed by atoms with Gasteiger partial charge >= 0.3 is 0 Å². The lowest BCUT2D eigenvalue weighted by Gasteiger charge is -2.22. The van der Waals surface area contributed by atoms with Gasteiger partial charge in [-0.05, 0) is 37.6 Å². The molecule has 1 fully saturated rings. The molecule has 8 heteroatoms. The first kappa shape index (κ1) is 16.7. The van der Waals surface area contributed by atoms with Crippen LogP contribution in [0.5, 0.6) is 0 Å². The van der Waals surface area contributed by atoms with Crippen molar-refractivity contribution < 1.29 is 22.0 Å². The molecule has 2 aromatic rings. The Balaban J connectivity index is 1.83. The van der Waals surface area contributed by atoms with Gasteiger partial charge in [0.2, 0.25) is 5.09 Å². The molecule has 0 aliphatic heterocycles. The van der Waals surface area contributed by atoms with E-state index in [0.717, 1.165) is 19.1 Å². The van der Waals surface area contributed by atoms with E-state index in [4.69, 9.17) is 4.42 Å². The van der Waals surface area contributed by atoms with Crippen molar-refractivity contribution >= 4 is 15.9 Å². The van der Waals surface area contributed by atoms with E-state index in [9.17, 15) is 17.6 Å². The summed E-state index contributed by atoms with van der Waals surface area (Å²) in [6.45, 7) is 0.264. The van der Waals surface area contributed by atoms with Crippen molar-refractivity contribution in [1.29, 1.82) is 0 Å². The van der Waals surface area contributed by atoms with Crippen LogP contribution in [0, 0.1) is 5.82 Å². The molecule has 1 saturated carbocycles. The number of rotatable bonds is 6. The summed E-state index contributed by atoms with van der Waals surface area (Å²) in [6.07, 6.45) is 2.88. The second-order valence-electron chi connectivity index (χ2n) is 5.66. The second kappa shape index (κ2) is 6.37. The number of halogens is 1. The Bertz CT molecular complexity index is 858. The number of hydrogen-bond donors (Lipinski definition) is 1. The molecule has 1 aliphatic rings. The van der Waals surface area contributed by atoms with E-state index in [1.807, 2.05) is 0 Å². The molecule has 0 atom stereocenters. The maximum absolute atomic E-state index is 13.3. The summed E-state index contributed by atoms with van der Waals surface area (Å²) < 4.78 is 43.9. The van der Waals surface area contributed by atoms with Crippen LogP contribution in [0.1, 0.15) is 28.8 Å². The van der Waals surface area contributed by atoms with Crippen LogP contribution in [0.15, 0.2) is 46.1 Å². The zero-order valence-corrected chi connectivity index (χ0v) is 13.8. The van der Waals surface area contributed by atoms with Crippen LogP contribution in [0.4, 0.5) is 4.39 Å². The Morgan fingerprint density at radius 3 is 2.75 bits per heavy atom. The van der Waals surface area contributed by atoms with Crippen molar-refractivity contribution in [2.45, 2.75) is 30.5 Å². The molecule has 1 aliphatic carbocycles. The molecule has 0 bridgehead atoms. The van der Waals surface area contributed by atoms with E-state index in [2.05, 4.69) is 4.72 Å². The average Bonchev–Trinajstić information content (AvgIpc) is 3.27. The van der Waals surface area contributed by atoms with Gasteiger partial charge in [0, 0.05) is 18.7 Å². The predicted octanol–water partition coefficient (Wildman–Crippen LogP) is 2.13. The standard InChI is InChI=1S/C16H17FN2O4S/c1-18-24(21,22)15-8-12(10-23-15)16(20)19(14-5-6-14)9-11-3-2-4-13(17)7-11/h2-4,7-8,10,14,18H,5-6,9H2,1H3. The highest BCUT2D eigenvalue weighted by atomic mass is 32.2. The van der Waals surface area contributed by atoms with Crippen LogP contribution in [0.2, 0.25) is 0 Å². The van der Waals surface area contributed by atoms with Crippen LogP contribution in [-0.2, 0) is 16.6 Å². The topological polar surface area (TPSA) is 79.6 Å². The molecule has 0 saturated heterocycles. The summed E-state index contributed by atoms with van der Waals surface area (Å²) in [7, 11) is -2.48. The van der Waals surface area contributed by atoms with E-state index in [1.165, 1.54) is 25.2 Å². The summed E-state index contributed by atoms with van der Waals surface area (Å²) in [4.78, 5) is 14.3. The number of amides is 1. The van der Waals surface area contributed by atoms with Crippen molar-refractivity contribution in [2.24, 2.45) is 0 Å². The van der Waals surface area contributed by atoms with Crippen LogP contribution < -0.4 is 4.72 Å². The van der Waals surface area contributed by atoms with Gasteiger partial charge in [-0.15, -0.1) is 0 Å². The van der Waals surface area contributed by atoms with Crippen molar-refractivity contribution in [3.8, 4) is 0 Å². The third-order valence-electron chi connectivity index (χ3n) is 3.85. The van der Waals surface area contributed by atoms with Crippen molar-refractivity contribution in [2.75, 3.05) is 7.05 Å². The van der Waals surface area contributed by atoms with Crippen LogP contribution >= 0.6 is 0 Å². The highest BCUT2D eigenvalue weighted by Gasteiger charge is 2.34. The van der Waals surface area contributed by atoms with E-state index in [-0.39, 0.29) is 35.0 Å². The monoisotopic (exact) mass is 352 g/mol. The lowest BCUT2D eigenvalue weighted by atomic mass is 10.2. The number of carbonyl (C=O) groups excluding carboxylic acids is 1. The molecule has 1 aromatic carbocycles. The number of nitrogens with one attached hydrogen (secondary N) is 1. The predicted molar refractivity (Wildman–Crippen MR) is 84.2 cm³/mol. The van der Waals surface area contributed by atoms with Crippen LogP contribution in [0.25, 0.3) is 0 Å². The lowest BCUT2D eigenvalue weighted by molar-refractivity contribution is 0.0729. The van der Waals surface area contributed by atoms with Crippen molar-refractivity contribution in [1.82, 2.24) is 9.62 Å². The zero-order chi connectivity index (χ0) is 17.3. The quantitative estimate of drug-likeness (QED) is 0.864. The Morgan fingerprint density at radius 2 is 2.12 bits per heavy atom. The third-order valence-corrected chi connectivity index (χ3v) is 5.13. The van der Waals surface area contributed by atoms with Gasteiger partial charge in [0.05, 0.1) is 5.56 Å². The summed E-state index contributed by atoms with van der Waals surface area (Å²) in [5.41, 5.74) is 0.842. The molecule has 0 unspecified atom stereocenters. The van der Waals surface area contributed by atoms with E-state index >= 15 is 0 Å². The Hall–Kier alpha value is -2.19. The van der Waals surface area contributed by atoms with Crippen molar-refractivity contribution in [3.05, 3.63) is 53.5 Å². The fraction of sp³-hybridized carbons (Fsp3) is 0.312. The van der Waals surface area contributed by atoms with Gasteiger partial charge in [-0.3, -0.25) is 4.79 Å². The molecule has 128 valence electrons. The molecule has 0 radical (unpaired) electrons. The van der Waals surface area contributed by atoms with Gasteiger partial charge in [-0.2, -0.15) is 0 Å². The number of sulfonamides is 1. The third kappa shape index (κ3) is 3.49. The van der Waals surface area contributed by atoms with Gasteiger partial charge in [-0.1, -0.05) is 12.1 Å². The van der Waals surface area contributed by atoms with Gasteiger partial charge < -0.3 is 9.32 Å². The summed E-state index contributed by atoms with van der Waals surface area (Å²) in [6, 6.07) is 7.36. The van der Waals surface area contributed by atoms with Crippen LogP contribution in [0.3, 0.4) is 0 Å². The molecule has 1 amide bonds. The molecule has 1 heterocycles. The van der Waals surface area contributed by atoms with Gasteiger partial charge in [0.25, 0.3) is 15.9 Å². The molecule has 6 nitrogen and oxygen atoms in total. The minimum Gasteiger partial charge on any atom is -0.451 e. The first-order chi connectivity index (χ1) is 11.4. The van der Waals surface area contributed by atoms with Gasteiger partial charge in [0.1, 0.15) is 12.1 Å². The fourth-order valence-electron chi connectivity index (χ4n) is 2.42. The van der Waals surface area contributed by atoms with Gasteiger partial charge in [0.15, 0.2) is 0 Å². The first-order valence-corrected chi connectivity index (χ1v) is 8.96. The lowest BCUT2D eigenvalue weighted by Crippen LogP contribution is -2.32. The summed E-state index contributed by atoms with van der Waals surface area (Å²) in [5.74, 6) is -0.690. The van der Waals surface area contributed by atoms with E-state index in [1.54, 1.807) is 17.0 Å². The average molecular weight is 352 g/mol. The molecular weight excluding hydrogens is 335 g/mol. The Labute approximate surface area is 139 Å². The number of benzene rings is 1. The Kier molecular flexibility index (Phi) is 4.42. The molecule has 1 N–H and O–H groups in total. The molecule has 3 rings (SSSR count). The zero-order valence-electron chi connectivity index (χ0n) is 13.0. The molecule has 24 heavy (non-hydrogen) atoms. The SMILES string of the molecule is CNS(=O)(=O)c1cc(C(=O)N(Cc2cccc(F)c2)C2CC2)co1. The molecular formula is C16H17FN2O4S. The van der Waals surface area contributed by atoms with E-state index in [0.29, 0.717) is 5.56 Å². The Morgan fingerprint density at radius 1 is 1.38 bits per heavy atom. The minimum atomic E-state index is -3.74. The van der Waals surface area contributed by atoms with Crippen molar-refractivity contribution in [3.63, 3.8) is 0 Å². The normalized spacial score (nSPS) is 14.6. The first-order valence-electron chi connectivity index (χ1n) is 7.48.